The Labute approximate surface area is 172 Å². The van der Waals surface area contributed by atoms with Crippen LogP contribution in [0.5, 0.6) is 11.5 Å². The lowest BCUT2D eigenvalue weighted by Gasteiger charge is -2.14. The summed E-state index contributed by atoms with van der Waals surface area (Å²) in [5, 5.41) is 6.14. The lowest BCUT2D eigenvalue weighted by atomic mass is 9.95. The van der Waals surface area contributed by atoms with E-state index in [0.717, 1.165) is 29.7 Å². The molecule has 0 atom stereocenters. The first-order valence-electron chi connectivity index (χ1n) is 8.81. The number of thiazole rings is 1. The molecule has 1 aliphatic rings. The number of halogens is 1. The smallest absolute Gasteiger partial charge is 0.236 e. The zero-order chi connectivity index (χ0) is 19.7. The number of nitrogens with zero attached hydrogens (tertiary/aromatic N) is 1. The second-order valence-electron chi connectivity index (χ2n) is 6.65. The molecule has 1 fully saturated rings. The van der Waals surface area contributed by atoms with Crippen LogP contribution in [0.25, 0.3) is 11.3 Å². The average molecular weight is 415 g/mol. The fraction of sp³-hybridized carbons (Fsp3) is 0.238. The summed E-state index contributed by atoms with van der Waals surface area (Å²) in [6.07, 6.45) is 1.66. The molecule has 28 heavy (non-hydrogen) atoms. The number of hydrogen-bond donors (Lipinski definition) is 1. The summed E-state index contributed by atoms with van der Waals surface area (Å²) in [5.41, 5.74) is 2.19. The van der Waals surface area contributed by atoms with Gasteiger partial charge >= 0.3 is 0 Å². The Balaban J connectivity index is 1.52. The molecule has 1 saturated carbocycles. The van der Waals surface area contributed by atoms with Crippen molar-refractivity contribution >= 4 is 34.0 Å². The maximum Gasteiger partial charge on any atom is 0.236 e. The minimum absolute atomic E-state index is 0.0250. The lowest BCUT2D eigenvalue weighted by molar-refractivity contribution is -0.118. The second kappa shape index (κ2) is 7.45. The molecular weight excluding hydrogens is 396 g/mol. The highest BCUT2D eigenvalue weighted by atomic mass is 35.5. The fourth-order valence-corrected chi connectivity index (χ4v) is 4.06. The second-order valence-corrected chi connectivity index (χ2v) is 7.95. The van der Waals surface area contributed by atoms with Gasteiger partial charge in [-0.05, 0) is 48.7 Å². The number of rotatable bonds is 6. The first-order valence-corrected chi connectivity index (χ1v) is 10.1. The monoisotopic (exact) mass is 414 g/mol. The quantitative estimate of drug-likeness (QED) is 0.605. The SMILES string of the molecule is COc1ccc(-c2csc(NC(=O)C3(c4ccc(Cl)cc4)CC3)n2)cc1OC. The molecule has 4 rings (SSSR count). The summed E-state index contributed by atoms with van der Waals surface area (Å²) in [7, 11) is 3.20. The summed E-state index contributed by atoms with van der Waals surface area (Å²) in [5.74, 6) is 1.27. The van der Waals surface area contributed by atoms with Crippen molar-refractivity contribution in [2.24, 2.45) is 0 Å². The molecule has 1 aliphatic carbocycles. The summed E-state index contributed by atoms with van der Waals surface area (Å²) in [4.78, 5) is 17.5. The van der Waals surface area contributed by atoms with E-state index in [2.05, 4.69) is 10.3 Å². The molecular formula is C21H19ClN2O3S. The Bertz CT molecular complexity index is 1010. The van der Waals surface area contributed by atoms with Crippen LogP contribution in [0, 0.1) is 0 Å². The molecule has 7 heteroatoms. The maximum atomic E-state index is 12.9. The predicted molar refractivity (Wildman–Crippen MR) is 112 cm³/mol. The van der Waals surface area contributed by atoms with Gasteiger partial charge in [0.25, 0.3) is 0 Å². The highest BCUT2D eigenvalue weighted by Gasteiger charge is 2.51. The predicted octanol–water partition coefficient (Wildman–Crippen LogP) is 5.15. The number of aromatic nitrogens is 1. The highest BCUT2D eigenvalue weighted by molar-refractivity contribution is 7.14. The van der Waals surface area contributed by atoms with E-state index in [1.165, 1.54) is 11.3 Å². The molecule has 0 unspecified atom stereocenters. The fourth-order valence-electron chi connectivity index (χ4n) is 3.22. The van der Waals surface area contributed by atoms with Crippen molar-refractivity contribution in [1.82, 2.24) is 4.98 Å². The van der Waals surface area contributed by atoms with Gasteiger partial charge in [0.15, 0.2) is 16.6 Å². The lowest BCUT2D eigenvalue weighted by Crippen LogP contribution is -2.27. The number of carbonyl (C=O) groups excluding carboxylic acids is 1. The van der Waals surface area contributed by atoms with Crippen molar-refractivity contribution in [2.45, 2.75) is 18.3 Å². The zero-order valence-electron chi connectivity index (χ0n) is 15.5. The van der Waals surface area contributed by atoms with Crippen LogP contribution >= 0.6 is 22.9 Å². The van der Waals surface area contributed by atoms with E-state index in [4.69, 9.17) is 21.1 Å². The molecule has 0 aliphatic heterocycles. The van der Waals surface area contributed by atoms with Gasteiger partial charge in [-0.1, -0.05) is 23.7 Å². The average Bonchev–Trinajstić information content (AvgIpc) is 3.41. The molecule has 2 aromatic carbocycles. The number of amides is 1. The normalized spacial score (nSPS) is 14.4. The van der Waals surface area contributed by atoms with E-state index in [-0.39, 0.29) is 5.91 Å². The molecule has 1 heterocycles. The Morgan fingerprint density at radius 3 is 2.46 bits per heavy atom. The molecule has 0 spiro atoms. The molecule has 5 nitrogen and oxygen atoms in total. The molecule has 0 radical (unpaired) electrons. The van der Waals surface area contributed by atoms with Gasteiger partial charge in [0.1, 0.15) is 0 Å². The van der Waals surface area contributed by atoms with Gasteiger partial charge in [0.05, 0.1) is 25.3 Å². The van der Waals surface area contributed by atoms with Gasteiger partial charge in [0.2, 0.25) is 5.91 Å². The summed E-state index contributed by atoms with van der Waals surface area (Å²) in [6, 6.07) is 13.1. The molecule has 3 aromatic rings. The van der Waals surface area contributed by atoms with E-state index >= 15 is 0 Å². The van der Waals surface area contributed by atoms with Crippen molar-refractivity contribution in [3.05, 3.63) is 58.4 Å². The van der Waals surface area contributed by atoms with Gasteiger partial charge in [-0.15, -0.1) is 11.3 Å². The standard InChI is InChI=1S/C21H19ClN2O3S/c1-26-17-8-3-13(11-18(17)27-2)16-12-28-20(23-16)24-19(25)21(9-10-21)14-4-6-15(22)7-5-14/h3-8,11-12H,9-10H2,1-2H3,(H,23,24,25). The third-order valence-corrected chi connectivity index (χ3v) is 6.00. The Morgan fingerprint density at radius 1 is 1.11 bits per heavy atom. The van der Waals surface area contributed by atoms with Crippen LogP contribution < -0.4 is 14.8 Å². The van der Waals surface area contributed by atoms with Crippen molar-refractivity contribution in [2.75, 3.05) is 19.5 Å². The van der Waals surface area contributed by atoms with Crippen molar-refractivity contribution in [3.8, 4) is 22.8 Å². The van der Waals surface area contributed by atoms with Crippen molar-refractivity contribution < 1.29 is 14.3 Å². The van der Waals surface area contributed by atoms with E-state index in [1.807, 2.05) is 47.8 Å². The van der Waals surface area contributed by atoms with Gasteiger partial charge in [-0.25, -0.2) is 4.98 Å². The number of ether oxygens (including phenoxy) is 2. The molecule has 0 saturated heterocycles. The van der Waals surface area contributed by atoms with Crippen LogP contribution in [0.15, 0.2) is 47.8 Å². The largest absolute Gasteiger partial charge is 0.493 e. The molecule has 1 aromatic heterocycles. The number of nitrogens with one attached hydrogen (secondary N) is 1. The van der Waals surface area contributed by atoms with Crippen LogP contribution in [0.3, 0.4) is 0 Å². The number of anilines is 1. The van der Waals surface area contributed by atoms with Gasteiger partial charge in [-0.2, -0.15) is 0 Å². The number of carbonyl (C=O) groups is 1. The highest BCUT2D eigenvalue weighted by Crippen LogP contribution is 2.49. The first-order chi connectivity index (χ1) is 13.6. The van der Waals surface area contributed by atoms with Crippen LogP contribution in [0.1, 0.15) is 18.4 Å². The summed E-state index contributed by atoms with van der Waals surface area (Å²) >= 11 is 7.37. The van der Waals surface area contributed by atoms with E-state index in [0.29, 0.717) is 21.7 Å². The molecule has 1 N–H and O–H groups in total. The van der Waals surface area contributed by atoms with Crippen LogP contribution in [0.4, 0.5) is 5.13 Å². The topological polar surface area (TPSA) is 60.5 Å². The minimum Gasteiger partial charge on any atom is -0.493 e. The van der Waals surface area contributed by atoms with Crippen molar-refractivity contribution in [1.29, 1.82) is 0 Å². The third kappa shape index (κ3) is 3.45. The maximum absolute atomic E-state index is 12.9. The van der Waals surface area contributed by atoms with E-state index in [1.54, 1.807) is 14.2 Å². The van der Waals surface area contributed by atoms with Crippen LogP contribution in [0.2, 0.25) is 5.02 Å². The van der Waals surface area contributed by atoms with Crippen molar-refractivity contribution in [3.63, 3.8) is 0 Å². The van der Waals surface area contributed by atoms with Gasteiger partial charge < -0.3 is 14.8 Å². The molecule has 1 amide bonds. The van der Waals surface area contributed by atoms with Crippen LogP contribution in [-0.4, -0.2) is 25.1 Å². The zero-order valence-corrected chi connectivity index (χ0v) is 17.1. The summed E-state index contributed by atoms with van der Waals surface area (Å²) < 4.78 is 10.6. The molecule has 144 valence electrons. The van der Waals surface area contributed by atoms with Gasteiger partial charge in [0, 0.05) is 16.0 Å². The summed E-state index contributed by atoms with van der Waals surface area (Å²) in [6.45, 7) is 0. The number of benzene rings is 2. The van der Waals surface area contributed by atoms with Crippen LogP contribution in [-0.2, 0) is 10.2 Å². The number of methoxy groups -OCH3 is 2. The first kappa shape index (κ1) is 18.8. The van der Waals surface area contributed by atoms with Gasteiger partial charge in [-0.3, -0.25) is 4.79 Å². The minimum atomic E-state index is -0.472. The Kier molecular flexibility index (Phi) is 5.00. The number of hydrogen-bond acceptors (Lipinski definition) is 5. The Hall–Kier alpha value is -2.57. The Morgan fingerprint density at radius 2 is 1.82 bits per heavy atom. The third-order valence-electron chi connectivity index (χ3n) is 4.99. The van der Waals surface area contributed by atoms with E-state index in [9.17, 15) is 4.79 Å². The van der Waals surface area contributed by atoms with E-state index < -0.39 is 5.41 Å². The molecule has 0 bridgehead atoms.